The first-order valence-electron chi connectivity index (χ1n) is 16.0. The van der Waals surface area contributed by atoms with E-state index in [0.717, 1.165) is 81.9 Å². The lowest BCUT2D eigenvalue weighted by Crippen LogP contribution is -2.58. The Hall–Kier alpha value is -3.98. The van der Waals surface area contributed by atoms with Crippen LogP contribution in [-0.4, -0.2) is 82.7 Å². The lowest BCUT2D eigenvalue weighted by molar-refractivity contribution is 0.0170. The molecule has 0 aliphatic carbocycles. The summed E-state index contributed by atoms with van der Waals surface area (Å²) < 4.78 is 5.26. The summed E-state index contributed by atoms with van der Waals surface area (Å²) in [6, 6.07) is 19.5. The van der Waals surface area contributed by atoms with Gasteiger partial charge in [-0.1, -0.05) is 30.3 Å². The summed E-state index contributed by atoms with van der Waals surface area (Å²) in [5.41, 5.74) is 5.58. The first kappa shape index (κ1) is 30.1. The molecule has 3 saturated heterocycles. The molecule has 0 saturated carbocycles. The van der Waals surface area contributed by atoms with Crippen LogP contribution >= 0.6 is 0 Å². The van der Waals surface area contributed by atoms with Crippen molar-refractivity contribution in [3.63, 3.8) is 0 Å². The molecule has 232 valence electrons. The number of benzene rings is 2. The van der Waals surface area contributed by atoms with Gasteiger partial charge in [0.1, 0.15) is 6.33 Å². The van der Waals surface area contributed by atoms with Crippen LogP contribution < -0.4 is 9.80 Å². The highest BCUT2D eigenvalue weighted by atomic mass is 16.6. The van der Waals surface area contributed by atoms with Crippen LogP contribution in [0.2, 0.25) is 0 Å². The van der Waals surface area contributed by atoms with Crippen LogP contribution in [-0.2, 0) is 11.3 Å². The fraction of sp³-hybridized carbons (Fsp3) is 0.486. The van der Waals surface area contributed by atoms with Crippen LogP contribution in [0, 0.1) is 13.8 Å². The summed E-state index contributed by atoms with van der Waals surface area (Å²) >= 11 is 0. The van der Waals surface area contributed by atoms with Gasteiger partial charge in [-0.2, -0.15) is 0 Å². The number of piperidine rings is 2. The molecule has 9 heteroatoms. The van der Waals surface area contributed by atoms with Gasteiger partial charge >= 0.3 is 6.09 Å². The Balaban J connectivity index is 1.11. The Bertz CT molecular complexity index is 1430. The summed E-state index contributed by atoms with van der Waals surface area (Å²) in [6.45, 7) is 11.7. The van der Waals surface area contributed by atoms with Crippen LogP contribution in [0.25, 0.3) is 0 Å². The Labute approximate surface area is 260 Å². The average molecular weight is 597 g/mol. The molecule has 0 bridgehead atoms. The van der Waals surface area contributed by atoms with Gasteiger partial charge in [-0.05, 0) is 82.7 Å². The number of cyclic esters (lactones) is 1. The first-order chi connectivity index (χ1) is 21.3. The van der Waals surface area contributed by atoms with Gasteiger partial charge in [-0.15, -0.1) is 0 Å². The molecule has 0 unspecified atom stereocenters. The van der Waals surface area contributed by atoms with Crippen LogP contribution in [0.5, 0.6) is 0 Å². The molecule has 3 aliphatic rings. The predicted molar refractivity (Wildman–Crippen MR) is 172 cm³/mol. The van der Waals surface area contributed by atoms with Crippen molar-refractivity contribution in [3.05, 3.63) is 83.4 Å². The summed E-state index contributed by atoms with van der Waals surface area (Å²) in [4.78, 5) is 43.1. The molecule has 9 nitrogen and oxygen atoms in total. The molecule has 6 rings (SSSR count). The highest BCUT2D eigenvalue weighted by Crippen LogP contribution is 2.35. The summed E-state index contributed by atoms with van der Waals surface area (Å²) in [5.74, 6) is 0.0566. The lowest BCUT2D eigenvalue weighted by Gasteiger charge is -2.50. The van der Waals surface area contributed by atoms with Gasteiger partial charge in [-0.25, -0.2) is 14.8 Å². The van der Waals surface area contributed by atoms with E-state index in [1.54, 1.807) is 4.90 Å². The van der Waals surface area contributed by atoms with E-state index in [0.29, 0.717) is 24.8 Å². The minimum Gasteiger partial charge on any atom is -0.449 e. The zero-order chi connectivity index (χ0) is 30.7. The van der Waals surface area contributed by atoms with Crippen molar-refractivity contribution in [1.29, 1.82) is 0 Å². The minimum atomic E-state index is -0.263. The van der Waals surface area contributed by atoms with Crippen molar-refractivity contribution in [3.8, 4) is 0 Å². The second-order valence-corrected chi connectivity index (χ2v) is 12.7. The minimum absolute atomic E-state index is 0.0566. The Morgan fingerprint density at radius 2 is 1.59 bits per heavy atom. The lowest BCUT2D eigenvalue weighted by atomic mass is 9.85. The van der Waals surface area contributed by atoms with Gasteiger partial charge < -0.3 is 14.5 Å². The van der Waals surface area contributed by atoms with Crippen molar-refractivity contribution < 1.29 is 14.3 Å². The van der Waals surface area contributed by atoms with Crippen LogP contribution in [0.3, 0.4) is 0 Å². The molecule has 0 atom stereocenters. The van der Waals surface area contributed by atoms with Gasteiger partial charge in [0, 0.05) is 62.2 Å². The molecule has 2 aromatic carbocycles. The number of hydrogen-bond donors (Lipinski definition) is 0. The fourth-order valence-corrected chi connectivity index (χ4v) is 7.11. The smallest absolute Gasteiger partial charge is 0.414 e. The summed E-state index contributed by atoms with van der Waals surface area (Å²) in [7, 11) is 0. The van der Waals surface area contributed by atoms with Crippen LogP contribution in [0.15, 0.2) is 60.9 Å². The van der Waals surface area contributed by atoms with E-state index in [-0.39, 0.29) is 17.5 Å². The molecule has 0 N–H and O–H groups in total. The Morgan fingerprint density at radius 1 is 0.932 bits per heavy atom. The molecule has 44 heavy (non-hydrogen) atoms. The largest absolute Gasteiger partial charge is 0.449 e. The van der Waals surface area contributed by atoms with Gasteiger partial charge in [0.15, 0.2) is 0 Å². The molecule has 3 fully saturated rings. The molecular weight excluding hydrogens is 552 g/mol. The van der Waals surface area contributed by atoms with Gasteiger partial charge in [0.05, 0.1) is 23.6 Å². The number of nitrogens with zero attached hydrogens (tertiary/aromatic N) is 6. The summed E-state index contributed by atoms with van der Waals surface area (Å²) in [6.07, 6.45) is 6.19. The number of carbonyl (C=O) groups is 2. The quantitative estimate of drug-likeness (QED) is 0.351. The molecule has 0 spiro atoms. The zero-order valence-corrected chi connectivity index (χ0v) is 26.2. The van der Waals surface area contributed by atoms with E-state index in [9.17, 15) is 9.59 Å². The normalized spacial score (nSPS) is 19.5. The SMILES string of the molecule is Cc1ncnc(C)c1C(=O)N1CCC(C)(N2CCC(N(Cc3ccccc3)c3ccc(N4CCCOC4=O)cc3)CC2)CC1. The second-order valence-electron chi connectivity index (χ2n) is 12.7. The standard InChI is InChI=1S/C35H44N6O3/c1-26-32(27(2)37-25-36-26)33(42)38-21-16-35(3,17-22-38)39-19-14-31(15-20-39)41(24-28-8-5-4-6-9-28)30-12-10-29(11-13-30)40-18-7-23-44-34(40)43/h4-6,8-13,25,31H,7,14-24H2,1-3H3. The van der Waals surface area contributed by atoms with Gasteiger partial charge in [-0.3, -0.25) is 14.6 Å². The number of rotatable bonds is 7. The van der Waals surface area contributed by atoms with E-state index >= 15 is 0 Å². The monoisotopic (exact) mass is 596 g/mol. The number of ether oxygens (including phenoxy) is 1. The molecule has 0 radical (unpaired) electrons. The van der Waals surface area contributed by atoms with E-state index < -0.39 is 0 Å². The number of anilines is 2. The average Bonchev–Trinajstić information content (AvgIpc) is 3.05. The molecule has 2 amide bonds. The third-order valence-corrected chi connectivity index (χ3v) is 9.90. The zero-order valence-electron chi connectivity index (χ0n) is 26.2. The fourth-order valence-electron chi connectivity index (χ4n) is 7.11. The van der Waals surface area contributed by atoms with Crippen LogP contribution in [0.4, 0.5) is 16.2 Å². The number of aromatic nitrogens is 2. The molecule has 3 aromatic rings. The van der Waals surface area contributed by atoms with E-state index in [4.69, 9.17) is 4.74 Å². The third kappa shape index (κ3) is 6.29. The second kappa shape index (κ2) is 12.9. The first-order valence-corrected chi connectivity index (χ1v) is 16.0. The number of hydrogen-bond acceptors (Lipinski definition) is 7. The maximum atomic E-state index is 13.4. The number of carbonyl (C=O) groups excluding carboxylic acids is 2. The van der Waals surface area contributed by atoms with Crippen molar-refractivity contribution in [2.24, 2.45) is 0 Å². The maximum Gasteiger partial charge on any atom is 0.414 e. The highest BCUT2D eigenvalue weighted by molar-refractivity contribution is 5.96. The predicted octanol–water partition coefficient (Wildman–Crippen LogP) is 5.61. The van der Waals surface area contributed by atoms with E-state index in [1.165, 1.54) is 17.6 Å². The maximum absolute atomic E-state index is 13.4. The van der Waals surface area contributed by atoms with Crippen LogP contribution in [0.1, 0.15) is 66.3 Å². The van der Waals surface area contributed by atoms with Crippen molar-refractivity contribution in [2.45, 2.75) is 71.0 Å². The number of likely N-dealkylation sites (tertiary alicyclic amines) is 2. The molecule has 1 aromatic heterocycles. The Morgan fingerprint density at radius 3 is 2.23 bits per heavy atom. The molecule has 4 heterocycles. The summed E-state index contributed by atoms with van der Waals surface area (Å²) in [5, 5.41) is 0. The number of aryl methyl sites for hydroxylation is 2. The Kier molecular flexibility index (Phi) is 8.84. The van der Waals surface area contributed by atoms with Crippen molar-refractivity contribution in [2.75, 3.05) is 49.1 Å². The van der Waals surface area contributed by atoms with Crippen molar-refractivity contribution in [1.82, 2.24) is 19.8 Å². The van der Waals surface area contributed by atoms with Gasteiger partial charge in [0.25, 0.3) is 5.91 Å². The van der Waals surface area contributed by atoms with Gasteiger partial charge in [0.2, 0.25) is 0 Å². The third-order valence-electron chi connectivity index (χ3n) is 9.90. The number of amides is 2. The van der Waals surface area contributed by atoms with Crippen molar-refractivity contribution >= 4 is 23.4 Å². The molecular formula is C35H44N6O3. The topological polar surface area (TPSA) is 82.1 Å². The molecule has 3 aliphatic heterocycles. The van der Waals surface area contributed by atoms with E-state index in [1.807, 2.05) is 18.7 Å². The highest BCUT2D eigenvalue weighted by Gasteiger charge is 2.40. The van der Waals surface area contributed by atoms with E-state index in [2.05, 4.69) is 81.3 Å².